The van der Waals surface area contributed by atoms with Gasteiger partial charge in [0.2, 0.25) is 0 Å². The maximum atomic E-state index is 6.34. The highest BCUT2D eigenvalue weighted by molar-refractivity contribution is 6.20. The Bertz CT molecular complexity index is 339. The molecule has 0 radical (unpaired) electrons. The number of rotatable bonds is 4. The van der Waals surface area contributed by atoms with Gasteiger partial charge >= 0.3 is 0 Å². The minimum atomic E-state index is 0.333. The fraction of sp³-hybridized carbons (Fsp3) is 0.571. The van der Waals surface area contributed by atoms with Crippen LogP contribution in [0, 0.1) is 19.8 Å². The predicted molar refractivity (Wildman–Crippen MR) is 66.6 cm³/mol. The van der Waals surface area contributed by atoms with Crippen molar-refractivity contribution >= 4 is 11.6 Å². The summed E-state index contributed by atoms with van der Waals surface area (Å²) in [5, 5.41) is 0.333. The molecule has 0 N–H and O–H groups in total. The van der Waals surface area contributed by atoms with Crippen LogP contribution in [0.4, 0.5) is 0 Å². The van der Waals surface area contributed by atoms with E-state index in [1.807, 2.05) is 0 Å². The number of halogens is 1. The van der Waals surface area contributed by atoms with Gasteiger partial charge in [-0.3, -0.25) is 0 Å². The molecule has 0 nitrogen and oxygen atoms in total. The standard InChI is InChI=1S/C14H19Cl/c1-10-3-4-13(7-11(10)2)9-14(15)8-12-5-6-12/h3-4,7,12,14H,5-6,8-9H2,1-2H3. The molecule has 1 aromatic carbocycles. The third-order valence-corrected chi connectivity index (χ3v) is 3.65. The molecule has 1 aliphatic rings. The Balaban J connectivity index is 1.93. The second-order valence-electron chi connectivity index (χ2n) is 4.90. The van der Waals surface area contributed by atoms with Gasteiger partial charge in [0.25, 0.3) is 0 Å². The van der Waals surface area contributed by atoms with Crippen LogP contribution in [-0.2, 0) is 6.42 Å². The number of hydrogen-bond acceptors (Lipinski definition) is 0. The Hall–Kier alpha value is -0.490. The fourth-order valence-electron chi connectivity index (χ4n) is 1.98. The molecule has 82 valence electrons. The second kappa shape index (κ2) is 4.57. The van der Waals surface area contributed by atoms with Gasteiger partial charge in [-0.25, -0.2) is 0 Å². The van der Waals surface area contributed by atoms with Crippen molar-refractivity contribution in [1.82, 2.24) is 0 Å². The summed E-state index contributed by atoms with van der Waals surface area (Å²) in [6.45, 7) is 4.32. The summed E-state index contributed by atoms with van der Waals surface area (Å²) in [5.41, 5.74) is 4.13. The van der Waals surface area contributed by atoms with Gasteiger partial charge in [0.05, 0.1) is 0 Å². The number of hydrogen-bond donors (Lipinski definition) is 0. The van der Waals surface area contributed by atoms with E-state index >= 15 is 0 Å². The van der Waals surface area contributed by atoms with Gasteiger partial charge in [-0.05, 0) is 49.3 Å². The Morgan fingerprint density at radius 1 is 1.27 bits per heavy atom. The van der Waals surface area contributed by atoms with Crippen molar-refractivity contribution in [2.75, 3.05) is 0 Å². The molecule has 1 aromatic rings. The summed E-state index contributed by atoms with van der Waals surface area (Å²) < 4.78 is 0. The smallest absolute Gasteiger partial charge is 0.0379 e. The monoisotopic (exact) mass is 222 g/mol. The molecule has 0 spiro atoms. The van der Waals surface area contributed by atoms with Gasteiger partial charge in [-0.1, -0.05) is 31.0 Å². The number of alkyl halides is 1. The van der Waals surface area contributed by atoms with E-state index in [4.69, 9.17) is 11.6 Å². The van der Waals surface area contributed by atoms with Crippen LogP contribution in [0.25, 0.3) is 0 Å². The van der Waals surface area contributed by atoms with Crippen LogP contribution < -0.4 is 0 Å². The molecule has 1 aliphatic carbocycles. The van der Waals surface area contributed by atoms with Crippen LogP contribution in [0.2, 0.25) is 0 Å². The van der Waals surface area contributed by atoms with Crippen LogP contribution in [-0.4, -0.2) is 5.38 Å². The molecule has 1 saturated carbocycles. The third kappa shape index (κ3) is 3.24. The average Bonchev–Trinajstić information content (AvgIpc) is 2.95. The second-order valence-corrected chi connectivity index (χ2v) is 5.52. The van der Waals surface area contributed by atoms with Gasteiger partial charge in [0.1, 0.15) is 0 Å². The third-order valence-electron chi connectivity index (χ3n) is 3.31. The molecule has 1 atom stereocenters. The minimum absolute atomic E-state index is 0.333. The van der Waals surface area contributed by atoms with Crippen molar-refractivity contribution in [2.45, 2.75) is 44.9 Å². The van der Waals surface area contributed by atoms with Gasteiger partial charge in [0, 0.05) is 5.38 Å². The molecule has 1 heteroatoms. The highest BCUT2D eigenvalue weighted by Gasteiger charge is 2.24. The topological polar surface area (TPSA) is 0 Å². The summed E-state index contributed by atoms with van der Waals surface area (Å²) in [6, 6.07) is 6.69. The molecule has 0 amide bonds. The first kappa shape index (κ1) is 11.0. The van der Waals surface area contributed by atoms with Crippen LogP contribution in [0.1, 0.15) is 36.0 Å². The predicted octanol–water partition coefficient (Wildman–Crippen LogP) is 4.25. The van der Waals surface area contributed by atoms with E-state index in [0.29, 0.717) is 5.38 Å². The first-order valence-corrected chi connectivity index (χ1v) is 6.29. The van der Waals surface area contributed by atoms with Crippen molar-refractivity contribution in [3.63, 3.8) is 0 Å². The molecule has 0 heterocycles. The quantitative estimate of drug-likeness (QED) is 0.668. The van der Waals surface area contributed by atoms with Crippen molar-refractivity contribution in [2.24, 2.45) is 5.92 Å². The molecular formula is C14H19Cl. The fourth-order valence-corrected chi connectivity index (χ4v) is 2.41. The maximum absolute atomic E-state index is 6.34. The lowest BCUT2D eigenvalue weighted by atomic mass is 10.0. The first-order valence-electron chi connectivity index (χ1n) is 5.85. The van der Waals surface area contributed by atoms with Gasteiger partial charge in [-0.15, -0.1) is 11.6 Å². The van der Waals surface area contributed by atoms with Crippen LogP contribution in [0.15, 0.2) is 18.2 Å². The summed E-state index contributed by atoms with van der Waals surface area (Å²) >= 11 is 6.34. The van der Waals surface area contributed by atoms with Gasteiger partial charge in [0.15, 0.2) is 0 Å². The Morgan fingerprint density at radius 3 is 2.60 bits per heavy atom. The largest absolute Gasteiger partial charge is 0.123 e. The highest BCUT2D eigenvalue weighted by atomic mass is 35.5. The average molecular weight is 223 g/mol. The van der Waals surface area contributed by atoms with Crippen molar-refractivity contribution in [3.05, 3.63) is 34.9 Å². The van der Waals surface area contributed by atoms with Crippen molar-refractivity contribution in [3.8, 4) is 0 Å². The highest BCUT2D eigenvalue weighted by Crippen LogP contribution is 2.35. The van der Waals surface area contributed by atoms with E-state index in [1.54, 1.807) is 0 Å². The van der Waals surface area contributed by atoms with E-state index < -0.39 is 0 Å². The van der Waals surface area contributed by atoms with E-state index in [0.717, 1.165) is 12.3 Å². The lowest BCUT2D eigenvalue weighted by Gasteiger charge is -2.10. The van der Waals surface area contributed by atoms with Gasteiger partial charge < -0.3 is 0 Å². The van der Waals surface area contributed by atoms with E-state index in [-0.39, 0.29) is 0 Å². The van der Waals surface area contributed by atoms with Crippen LogP contribution in [0.3, 0.4) is 0 Å². The van der Waals surface area contributed by atoms with Crippen LogP contribution in [0.5, 0.6) is 0 Å². The number of benzene rings is 1. The Morgan fingerprint density at radius 2 is 2.00 bits per heavy atom. The molecule has 1 fully saturated rings. The summed E-state index contributed by atoms with van der Waals surface area (Å²) in [6.07, 6.45) is 5.03. The van der Waals surface area contributed by atoms with Crippen LogP contribution >= 0.6 is 11.6 Å². The van der Waals surface area contributed by atoms with Crippen molar-refractivity contribution in [1.29, 1.82) is 0 Å². The van der Waals surface area contributed by atoms with Gasteiger partial charge in [-0.2, -0.15) is 0 Å². The van der Waals surface area contributed by atoms with Crippen molar-refractivity contribution < 1.29 is 0 Å². The summed E-state index contributed by atoms with van der Waals surface area (Å²) in [5.74, 6) is 0.930. The zero-order chi connectivity index (χ0) is 10.8. The maximum Gasteiger partial charge on any atom is 0.0379 e. The lowest BCUT2D eigenvalue weighted by Crippen LogP contribution is -2.04. The first-order chi connectivity index (χ1) is 7.15. The van der Waals surface area contributed by atoms with E-state index in [2.05, 4.69) is 32.0 Å². The molecule has 1 unspecified atom stereocenters. The molecular weight excluding hydrogens is 204 g/mol. The molecule has 2 rings (SSSR count). The molecule has 0 aliphatic heterocycles. The minimum Gasteiger partial charge on any atom is -0.123 e. The molecule has 0 aromatic heterocycles. The Labute approximate surface area is 97.6 Å². The molecule has 15 heavy (non-hydrogen) atoms. The zero-order valence-electron chi connectivity index (χ0n) is 9.59. The molecule has 0 bridgehead atoms. The zero-order valence-corrected chi connectivity index (χ0v) is 10.3. The normalized spacial score (nSPS) is 17.8. The molecule has 0 saturated heterocycles. The van der Waals surface area contributed by atoms with E-state index in [9.17, 15) is 0 Å². The summed E-state index contributed by atoms with van der Waals surface area (Å²) in [7, 11) is 0. The Kier molecular flexibility index (Phi) is 3.35. The van der Waals surface area contributed by atoms with E-state index in [1.165, 1.54) is 36.0 Å². The number of aryl methyl sites for hydroxylation is 2. The lowest BCUT2D eigenvalue weighted by molar-refractivity contribution is 0.674. The SMILES string of the molecule is Cc1ccc(CC(Cl)CC2CC2)cc1C. The summed E-state index contributed by atoms with van der Waals surface area (Å²) in [4.78, 5) is 0.